The molecule has 92 valence electrons. The van der Waals surface area contributed by atoms with Crippen LogP contribution in [-0.4, -0.2) is 25.2 Å². The van der Waals surface area contributed by atoms with Crippen LogP contribution in [0.1, 0.15) is 34.1 Å². The van der Waals surface area contributed by atoms with Crippen LogP contribution >= 0.6 is 0 Å². The molecule has 16 heavy (non-hydrogen) atoms. The molecule has 0 aliphatic carbocycles. The molecule has 0 amide bonds. The van der Waals surface area contributed by atoms with Gasteiger partial charge in [0.05, 0.1) is 13.2 Å². The Balaban J connectivity index is 4.10. The summed E-state index contributed by atoms with van der Waals surface area (Å²) in [6.07, 6.45) is 1.93. The Kier molecular flexibility index (Phi) is 7.25. The van der Waals surface area contributed by atoms with Crippen molar-refractivity contribution in [2.24, 2.45) is 5.92 Å². The first-order valence-corrected chi connectivity index (χ1v) is 5.49. The zero-order chi connectivity index (χ0) is 12.6. The van der Waals surface area contributed by atoms with E-state index in [9.17, 15) is 9.59 Å². The third kappa shape index (κ3) is 7.04. The Morgan fingerprint density at radius 3 is 2.38 bits per heavy atom. The van der Waals surface area contributed by atoms with Crippen LogP contribution in [0.2, 0.25) is 0 Å². The topological polar surface area (TPSA) is 52.6 Å². The summed E-state index contributed by atoms with van der Waals surface area (Å²) in [5.74, 6) is -0.688. The highest BCUT2D eigenvalue weighted by Gasteiger charge is 2.09. The van der Waals surface area contributed by atoms with Gasteiger partial charge in [-0.1, -0.05) is 20.8 Å². The molecule has 0 radical (unpaired) electrons. The summed E-state index contributed by atoms with van der Waals surface area (Å²) in [4.78, 5) is 22.5. The highest BCUT2D eigenvalue weighted by molar-refractivity contribution is 5.95. The molecule has 0 atom stereocenters. The van der Waals surface area contributed by atoms with Gasteiger partial charge in [-0.3, -0.25) is 0 Å². The fraction of sp³-hybridized carbons (Fsp3) is 0.667. The molecule has 0 aliphatic heterocycles. The third-order valence-corrected chi connectivity index (χ3v) is 1.65. The summed E-state index contributed by atoms with van der Waals surface area (Å²) in [7, 11) is 0. The van der Waals surface area contributed by atoms with Crippen LogP contribution < -0.4 is 0 Å². The van der Waals surface area contributed by atoms with Gasteiger partial charge in [0.25, 0.3) is 0 Å². The van der Waals surface area contributed by atoms with Gasteiger partial charge in [0, 0.05) is 11.6 Å². The van der Waals surface area contributed by atoms with E-state index in [1.54, 1.807) is 0 Å². The van der Waals surface area contributed by atoms with Crippen LogP contribution in [0.5, 0.6) is 0 Å². The number of carbonyl (C=O) groups is 2. The monoisotopic (exact) mass is 228 g/mol. The second-order valence-electron chi connectivity index (χ2n) is 3.99. The van der Waals surface area contributed by atoms with E-state index >= 15 is 0 Å². The van der Waals surface area contributed by atoms with Gasteiger partial charge in [-0.05, 0) is 19.3 Å². The van der Waals surface area contributed by atoms with E-state index in [2.05, 4.69) is 0 Å². The van der Waals surface area contributed by atoms with E-state index in [0.29, 0.717) is 13.2 Å². The number of rotatable bonds is 6. The van der Waals surface area contributed by atoms with Crippen LogP contribution in [0, 0.1) is 5.92 Å². The highest BCUT2D eigenvalue weighted by Crippen LogP contribution is 2.01. The Morgan fingerprint density at radius 2 is 1.88 bits per heavy atom. The first-order valence-electron chi connectivity index (χ1n) is 5.49. The van der Waals surface area contributed by atoms with E-state index in [1.807, 2.05) is 20.8 Å². The van der Waals surface area contributed by atoms with Crippen LogP contribution in [0.3, 0.4) is 0 Å². The van der Waals surface area contributed by atoms with Crippen molar-refractivity contribution in [2.45, 2.75) is 34.1 Å². The maximum atomic E-state index is 11.4. The van der Waals surface area contributed by atoms with E-state index in [-0.39, 0.29) is 11.5 Å². The molecule has 0 aromatic carbocycles. The van der Waals surface area contributed by atoms with Crippen LogP contribution in [0.15, 0.2) is 11.6 Å². The summed E-state index contributed by atoms with van der Waals surface area (Å²) < 4.78 is 9.77. The van der Waals surface area contributed by atoms with Crippen LogP contribution in [0.25, 0.3) is 0 Å². The lowest BCUT2D eigenvalue weighted by Crippen LogP contribution is -2.12. The van der Waals surface area contributed by atoms with Crippen molar-refractivity contribution in [2.75, 3.05) is 13.2 Å². The summed E-state index contributed by atoms with van der Waals surface area (Å²) in [6.45, 7) is 8.05. The first kappa shape index (κ1) is 14.7. The van der Waals surface area contributed by atoms with Crippen molar-refractivity contribution in [1.29, 1.82) is 0 Å². The largest absolute Gasteiger partial charge is 0.463 e. The molecule has 4 nitrogen and oxygen atoms in total. The standard InChI is InChI=1S/C12H20O4/c1-5-6-15-11(13)7-10(4)12(14)16-8-9(2)3/h7,9H,5-6,8H2,1-4H3/b10-7-. The first-order chi connectivity index (χ1) is 7.47. The minimum absolute atomic E-state index is 0.266. The maximum absolute atomic E-state index is 11.4. The average molecular weight is 228 g/mol. The van der Waals surface area contributed by atoms with E-state index in [4.69, 9.17) is 9.47 Å². The second-order valence-corrected chi connectivity index (χ2v) is 3.99. The van der Waals surface area contributed by atoms with Gasteiger partial charge < -0.3 is 9.47 Å². The van der Waals surface area contributed by atoms with Crippen molar-refractivity contribution < 1.29 is 19.1 Å². The molecule has 0 bridgehead atoms. The van der Waals surface area contributed by atoms with Crippen LogP contribution in [-0.2, 0) is 19.1 Å². The van der Waals surface area contributed by atoms with Crippen molar-refractivity contribution in [3.05, 3.63) is 11.6 Å². The van der Waals surface area contributed by atoms with Gasteiger partial charge in [-0.2, -0.15) is 0 Å². The quantitative estimate of drug-likeness (QED) is 0.516. The lowest BCUT2D eigenvalue weighted by Gasteiger charge is -2.07. The highest BCUT2D eigenvalue weighted by atomic mass is 16.5. The van der Waals surface area contributed by atoms with E-state index in [0.717, 1.165) is 6.42 Å². The molecule has 0 unspecified atom stereocenters. The molecule has 0 rings (SSSR count). The van der Waals surface area contributed by atoms with Gasteiger partial charge in [-0.25, -0.2) is 9.59 Å². The number of carbonyl (C=O) groups excluding carboxylic acids is 2. The average Bonchev–Trinajstić information content (AvgIpc) is 2.22. The predicted octanol–water partition coefficient (Wildman–Crippen LogP) is 2.09. The molecule has 0 aromatic heterocycles. The number of hydrogen-bond acceptors (Lipinski definition) is 4. The van der Waals surface area contributed by atoms with E-state index in [1.165, 1.54) is 13.0 Å². The predicted molar refractivity (Wildman–Crippen MR) is 60.8 cm³/mol. The molecule has 0 heterocycles. The number of esters is 2. The molecule has 0 fully saturated rings. The zero-order valence-corrected chi connectivity index (χ0v) is 10.4. The molecular formula is C12H20O4. The molecule has 0 spiro atoms. The van der Waals surface area contributed by atoms with Crippen molar-refractivity contribution >= 4 is 11.9 Å². The minimum Gasteiger partial charge on any atom is -0.463 e. The Hall–Kier alpha value is -1.32. The Morgan fingerprint density at radius 1 is 1.25 bits per heavy atom. The smallest absolute Gasteiger partial charge is 0.333 e. The fourth-order valence-corrected chi connectivity index (χ4v) is 0.836. The number of ether oxygens (including phenoxy) is 2. The third-order valence-electron chi connectivity index (χ3n) is 1.65. The van der Waals surface area contributed by atoms with Crippen molar-refractivity contribution in [3.8, 4) is 0 Å². The summed E-state index contributed by atoms with van der Waals surface area (Å²) >= 11 is 0. The molecule has 4 heteroatoms. The normalized spacial score (nSPS) is 11.4. The van der Waals surface area contributed by atoms with Gasteiger partial charge in [0.2, 0.25) is 0 Å². The molecular weight excluding hydrogens is 208 g/mol. The minimum atomic E-state index is -0.499. The van der Waals surface area contributed by atoms with Gasteiger partial charge >= 0.3 is 11.9 Å². The fourth-order valence-electron chi connectivity index (χ4n) is 0.836. The molecule has 0 saturated heterocycles. The Labute approximate surface area is 96.6 Å². The SMILES string of the molecule is CCCOC(=O)/C=C(/C)C(=O)OCC(C)C. The molecule has 0 saturated carbocycles. The van der Waals surface area contributed by atoms with Crippen LogP contribution in [0.4, 0.5) is 0 Å². The number of hydrogen-bond donors (Lipinski definition) is 0. The van der Waals surface area contributed by atoms with Crippen molar-refractivity contribution in [3.63, 3.8) is 0 Å². The van der Waals surface area contributed by atoms with E-state index < -0.39 is 11.9 Å². The van der Waals surface area contributed by atoms with Gasteiger partial charge in [-0.15, -0.1) is 0 Å². The molecule has 0 aromatic rings. The summed E-state index contributed by atoms with van der Waals surface area (Å²) in [6, 6.07) is 0. The molecule has 0 N–H and O–H groups in total. The Bertz CT molecular complexity index is 266. The van der Waals surface area contributed by atoms with Gasteiger partial charge in [0.15, 0.2) is 0 Å². The molecule has 0 aliphatic rings. The maximum Gasteiger partial charge on any atom is 0.333 e. The van der Waals surface area contributed by atoms with Gasteiger partial charge in [0.1, 0.15) is 0 Å². The lowest BCUT2D eigenvalue weighted by molar-refractivity contribution is -0.142. The zero-order valence-electron chi connectivity index (χ0n) is 10.4. The lowest BCUT2D eigenvalue weighted by atomic mass is 10.2. The second kappa shape index (κ2) is 7.91. The summed E-state index contributed by atoms with van der Waals surface area (Å²) in [5, 5.41) is 0. The van der Waals surface area contributed by atoms with Crippen molar-refractivity contribution in [1.82, 2.24) is 0 Å². The summed E-state index contributed by atoms with van der Waals surface area (Å²) in [5.41, 5.74) is 0.266.